The van der Waals surface area contributed by atoms with Gasteiger partial charge in [0.1, 0.15) is 9.71 Å². The molecule has 3 N–H and O–H groups in total. The second kappa shape index (κ2) is 6.90. The first kappa shape index (κ1) is 16.8. The fourth-order valence-electron chi connectivity index (χ4n) is 2.81. The Morgan fingerprint density at radius 2 is 1.92 bits per heavy atom. The van der Waals surface area contributed by atoms with E-state index in [1.807, 2.05) is 66.9 Å². The molecule has 0 aliphatic rings. The van der Waals surface area contributed by atoms with E-state index in [1.165, 1.54) is 11.3 Å². The maximum absolute atomic E-state index is 12.7. The van der Waals surface area contributed by atoms with Gasteiger partial charge < -0.3 is 11.1 Å². The summed E-state index contributed by atoms with van der Waals surface area (Å²) in [6.45, 7) is 1.96. The highest BCUT2D eigenvalue weighted by atomic mass is 32.1. The maximum atomic E-state index is 12.7. The van der Waals surface area contributed by atoms with Crippen LogP contribution >= 0.6 is 22.7 Å². The third-order valence-electron chi connectivity index (χ3n) is 4.22. The number of carbonyl (C=O) groups is 1. The SMILES string of the molecule is C[C@@H](NC(=O)c1sc2nc(-c3cccs3)ccc2c1N)c1ccccc1. The number of hydrogen-bond donors (Lipinski definition) is 2. The summed E-state index contributed by atoms with van der Waals surface area (Å²) >= 11 is 2.98. The molecule has 0 aliphatic heterocycles. The summed E-state index contributed by atoms with van der Waals surface area (Å²) < 4.78 is 0. The average Bonchev–Trinajstić information content (AvgIpc) is 3.30. The predicted octanol–water partition coefficient (Wildman–Crippen LogP) is 5.10. The zero-order chi connectivity index (χ0) is 18.1. The molecule has 1 amide bonds. The van der Waals surface area contributed by atoms with Crippen LogP contribution in [0.1, 0.15) is 28.2 Å². The minimum absolute atomic E-state index is 0.0945. The molecular formula is C20H17N3OS2. The van der Waals surface area contributed by atoms with Crippen LogP contribution in [0.4, 0.5) is 5.69 Å². The molecule has 1 aromatic carbocycles. The van der Waals surface area contributed by atoms with Gasteiger partial charge in [0.05, 0.1) is 22.3 Å². The molecule has 0 fully saturated rings. The summed E-state index contributed by atoms with van der Waals surface area (Å²) in [6, 6.07) is 17.7. The fraction of sp³-hybridized carbons (Fsp3) is 0.100. The molecule has 4 rings (SSSR count). The Morgan fingerprint density at radius 3 is 2.65 bits per heavy atom. The summed E-state index contributed by atoms with van der Waals surface area (Å²) in [6.07, 6.45) is 0. The predicted molar refractivity (Wildman–Crippen MR) is 110 cm³/mol. The van der Waals surface area contributed by atoms with Gasteiger partial charge in [0.25, 0.3) is 5.91 Å². The molecule has 4 aromatic rings. The monoisotopic (exact) mass is 379 g/mol. The van der Waals surface area contributed by atoms with Crippen molar-refractivity contribution in [3.8, 4) is 10.6 Å². The lowest BCUT2D eigenvalue weighted by atomic mass is 10.1. The number of nitrogen functional groups attached to an aromatic ring is 1. The molecule has 3 heterocycles. The lowest BCUT2D eigenvalue weighted by Crippen LogP contribution is -2.26. The third-order valence-corrected chi connectivity index (χ3v) is 6.23. The third kappa shape index (κ3) is 3.09. The second-order valence-corrected chi connectivity index (χ2v) is 7.92. The van der Waals surface area contributed by atoms with Crippen LogP contribution < -0.4 is 11.1 Å². The number of anilines is 1. The van der Waals surface area contributed by atoms with Crippen molar-refractivity contribution in [3.63, 3.8) is 0 Å². The number of thiophene rings is 2. The highest BCUT2D eigenvalue weighted by molar-refractivity contribution is 7.21. The Labute approximate surface area is 159 Å². The van der Waals surface area contributed by atoms with Crippen molar-refractivity contribution in [1.29, 1.82) is 0 Å². The Kier molecular flexibility index (Phi) is 4.44. The van der Waals surface area contributed by atoms with Crippen LogP contribution in [0.2, 0.25) is 0 Å². The number of fused-ring (bicyclic) bond motifs is 1. The van der Waals surface area contributed by atoms with Gasteiger partial charge in [-0.2, -0.15) is 0 Å². The zero-order valence-corrected chi connectivity index (χ0v) is 15.7. The van der Waals surface area contributed by atoms with Crippen molar-refractivity contribution >= 4 is 44.5 Å². The van der Waals surface area contributed by atoms with Crippen LogP contribution in [0.3, 0.4) is 0 Å². The van der Waals surface area contributed by atoms with Crippen LogP contribution in [0, 0.1) is 0 Å². The average molecular weight is 380 g/mol. The van der Waals surface area contributed by atoms with Gasteiger partial charge in [-0.05, 0) is 36.1 Å². The van der Waals surface area contributed by atoms with Crippen LogP contribution in [-0.2, 0) is 0 Å². The number of nitrogens with zero attached hydrogens (tertiary/aromatic N) is 1. The van der Waals surface area contributed by atoms with Gasteiger partial charge in [-0.15, -0.1) is 22.7 Å². The molecule has 0 spiro atoms. The standard InChI is InChI=1S/C20H17N3OS2/c1-12(13-6-3-2-4-7-13)22-19(24)18-17(21)14-9-10-15(23-20(14)26-18)16-8-5-11-25-16/h2-12H,21H2,1H3,(H,22,24)/t12-/m1/s1. The number of benzene rings is 1. The molecule has 1 atom stereocenters. The molecule has 0 bridgehead atoms. The number of carbonyl (C=O) groups excluding carboxylic acids is 1. The molecule has 0 aliphatic carbocycles. The van der Waals surface area contributed by atoms with E-state index in [2.05, 4.69) is 10.3 Å². The summed E-state index contributed by atoms with van der Waals surface area (Å²) in [4.78, 5) is 19.8. The summed E-state index contributed by atoms with van der Waals surface area (Å²) in [5.74, 6) is -0.167. The quantitative estimate of drug-likeness (QED) is 0.518. The molecule has 0 saturated carbocycles. The number of amides is 1. The lowest BCUT2D eigenvalue weighted by molar-refractivity contribution is 0.0945. The van der Waals surface area contributed by atoms with E-state index in [1.54, 1.807) is 11.3 Å². The van der Waals surface area contributed by atoms with Crippen LogP contribution in [0.15, 0.2) is 60.0 Å². The molecule has 6 heteroatoms. The molecule has 0 radical (unpaired) electrons. The van der Waals surface area contributed by atoms with Crippen molar-refractivity contribution in [2.24, 2.45) is 0 Å². The first-order valence-corrected chi connectivity index (χ1v) is 9.92. The fourth-order valence-corrected chi connectivity index (χ4v) is 4.51. The van der Waals surface area contributed by atoms with E-state index in [-0.39, 0.29) is 11.9 Å². The number of nitrogens with one attached hydrogen (secondary N) is 1. The summed E-state index contributed by atoms with van der Waals surface area (Å²) in [5.41, 5.74) is 8.68. The summed E-state index contributed by atoms with van der Waals surface area (Å²) in [7, 11) is 0. The number of nitrogens with two attached hydrogens (primary N) is 1. The van der Waals surface area contributed by atoms with Gasteiger partial charge in [0, 0.05) is 5.39 Å². The van der Waals surface area contributed by atoms with Gasteiger partial charge in [-0.1, -0.05) is 36.4 Å². The summed E-state index contributed by atoms with van der Waals surface area (Å²) in [5, 5.41) is 5.87. The van der Waals surface area contributed by atoms with E-state index in [9.17, 15) is 4.79 Å². The topological polar surface area (TPSA) is 68.0 Å². The first-order chi connectivity index (χ1) is 12.6. The minimum atomic E-state index is -0.167. The second-order valence-electron chi connectivity index (χ2n) is 5.98. The van der Waals surface area contributed by atoms with Crippen LogP contribution in [0.5, 0.6) is 0 Å². The Hall–Kier alpha value is -2.70. The molecule has 0 unspecified atom stereocenters. The van der Waals surface area contributed by atoms with E-state index < -0.39 is 0 Å². The molecule has 3 aromatic heterocycles. The van der Waals surface area contributed by atoms with Crippen molar-refractivity contribution in [2.75, 3.05) is 5.73 Å². The van der Waals surface area contributed by atoms with E-state index >= 15 is 0 Å². The smallest absolute Gasteiger partial charge is 0.264 e. The maximum Gasteiger partial charge on any atom is 0.264 e. The highest BCUT2D eigenvalue weighted by Crippen LogP contribution is 2.35. The Morgan fingerprint density at radius 1 is 1.12 bits per heavy atom. The lowest BCUT2D eigenvalue weighted by Gasteiger charge is -2.13. The largest absolute Gasteiger partial charge is 0.397 e. The number of rotatable bonds is 4. The number of pyridine rings is 1. The van der Waals surface area contributed by atoms with Crippen LogP contribution in [0.25, 0.3) is 20.8 Å². The molecule has 0 saturated heterocycles. The molecular weight excluding hydrogens is 362 g/mol. The molecule has 26 heavy (non-hydrogen) atoms. The number of hydrogen-bond acceptors (Lipinski definition) is 5. The van der Waals surface area contributed by atoms with E-state index in [4.69, 9.17) is 5.73 Å². The molecule has 4 nitrogen and oxygen atoms in total. The van der Waals surface area contributed by atoms with Gasteiger partial charge >= 0.3 is 0 Å². The Balaban J connectivity index is 1.63. The first-order valence-electron chi connectivity index (χ1n) is 8.22. The number of aromatic nitrogens is 1. The van der Waals surface area contributed by atoms with Crippen molar-refractivity contribution in [3.05, 3.63) is 70.4 Å². The zero-order valence-electron chi connectivity index (χ0n) is 14.1. The van der Waals surface area contributed by atoms with Crippen molar-refractivity contribution in [2.45, 2.75) is 13.0 Å². The molecule has 130 valence electrons. The van der Waals surface area contributed by atoms with Gasteiger partial charge in [0.15, 0.2) is 0 Å². The van der Waals surface area contributed by atoms with E-state index in [0.29, 0.717) is 10.6 Å². The Bertz CT molecular complexity index is 1060. The highest BCUT2D eigenvalue weighted by Gasteiger charge is 2.19. The van der Waals surface area contributed by atoms with E-state index in [0.717, 1.165) is 26.4 Å². The normalized spacial score (nSPS) is 12.2. The van der Waals surface area contributed by atoms with Gasteiger partial charge in [-0.25, -0.2) is 4.98 Å². The van der Waals surface area contributed by atoms with Gasteiger partial charge in [-0.3, -0.25) is 4.79 Å². The van der Waals surface area contributed by atoms with Gasteiger partial charge in [0.2, 0.25) is 0 Å². The minimum Gasteiger partial charge on any atom is -0.397 e. The van der Waals surface area contributed by atoms with Crippen molar-refractivity contribution < 1.29 is 4.79 Å². The van der Waals surface area contributed by atoms with Crippen LogP contribution in [-0.4, -0.2) is 10.9 Å². The van der Waals surface area contributed by atoms with Crippen molar-refractivity contribution in [1.82, 2.24) is 10.3 Å².